The van der Waals surface area contributed by atoms with Crippen LogP contribution in [0.5, 0.6) is 0 Å². The van der Waals surface area contributed by atoms with Crippen LogP contribution in [-0.4, -0.2) is 32.3 Å². The first-order valence-electron chi connectivity index (χ1n) is 11.5. The van der Waals surface area contributed by atoms with Crippen molar-refractivity contribution in [2.24, 2.45) is 5.92 Å². The van der Waals surface area contributed by atoms with Crippen molar-refractivity contribution < 1.29 is 9.59 Å². The molecule has 0 spiro atoms. The Kier molecular flexibility index (Phi) is 8.50. The number of nitrogens with one attached hydrogen (secondary N) is 2. The van der Waals surface area contributed by atoms with Gasteiger partial charge >= 0.3 is 0 Å². The van der Waals surface area contributed by atoms with E-state index in [1.807, 2.05) is 82.5 Å². The average molecular weight is 480 g/mol. The number of rotatable bonds is 9. The number of thioether (sulfide) groups is 1. The fraction of sp³-hybridized carbons (Fsp3) is 0.385. The van der Waals surface area contributed by atoms with Crippen molar-refractivity contribution in [2.45, 2.75) is 59.3 Å². The van der Waals surface area contributed by atoms with Crippen LogP contribution in [0.2, 0.25) is 0 Å². The van der Waals surface area contributed by atoms with Gasteiger partial charge in [0.1, 0.15) is 0 Å². The fourth-order valence-electron chi connectivity index (χ4n) is 3.66. The summed E-state index contributed by atoms with van der Waals surface area (Å²) in [4.78, 5) is 25.5. The summed E-state index contributed by atoms with van der Waals surface area (Å²) in [5.74, 6) is 0.770. The lowest BCUT2D eigenvalue weighted by Gasteiger charge is -2.22. The van der Waals surface area contributed by atoms with Crippen molar-refractivity contribution >= 4 is 29.3 Å². The molecule has 1 heterocycles. The maximum atomic E-state index is 12.9. The molecule has 0 unspecified atom stereocenters. The first kappa shape index (κ1) is 25.5. The van der Waals surface area contributed by atoms with Gasteiger partial charge in [0.15, 0.2) is 11.0 Å². The van der Waals surface area contributed by atoms with E-state index in [2.05, 4.69) is 20.8 Å². The minimum atomic E-state index is -0.307. The monoisotopic (exact) mass is 479 g/mol. The Labute approximate surface area is 205 Å². The second-order valence-corrected chi connectivity index (χ2v) is 9.75. The molecule has 0 aliphatic rings. The molecule has 7 nitrogen and oxygen atoms in total. The first-order valence-corrected chi connectivity index (χ1v) is 12.5. The van der Waals surface area contributed by atoms with Gasteiger partial charge in [0.05, 0.1) is 11.8 Å². The van der Waals surface area contributed by atoms with Crippen molar-refractivity contribution in [3.05, 3.63) is 70.5 Å². The number of benzene rings is 2. The minimum Gasteiger partial charge on any atom is -0.342 e. The Morgan fingerprint density at radius 2 is 1.76 bits per heavy atom. The zero-order valence-electron chi connectivity index (χ0n) is 20.7. The molecule has 1 atom stereocenters. The standard InChI is InChI=1S/C26H33N5O2S/c1-7-31-24(23(16(2)3)28-25(33)20-10-8-9-17(4)13-20)29-30-26(31)34-15-22(32)27-21-14-18(5)11-12-19(21)6/h8-14,16,23H,7,15H2,1-6H3,(H,27,32)(H,28,33)/t23-/m1/s1. The molecule has 2 N–H and O–H groups in total. The highest BCUT2D eigenvalue weighted by Crippen LogP contribution is 2.26. The van der Waals surface area contributed by atoms with E-state index in [0.717, 1.165) is 22.4 Å². The molecule has 8 heteroatoms. The van der Waals surface area contributed by atoms with Crippen molar-refractivity contribution in [3.8, 4) is 0 Å². The summed E-state index contributed by atoms with van der Waals surface area (Å²) in [6.07, 6.45) is 0. The van der Waals surface area contributed by atoms with E-state index in [1.54, 1.807) is 6.07 Å². The topological polar surface area (TPSA) is 88.9 Å². The third-order valence-corrected chi connectivity index (χ3v) is 6.54. The lowest BCUT2D eigenvalue weighted by molar-refractivity contribution is -0.113. The maximum absolute atomic E-state index is 12.9. The van der Waals surface area contributed by atoms with Gasteiger partial charge in [0.2, 0.25) is 5.91 Å². The number of aryl methyl sites for hydroxylation is 3. The molecule has 34 heavy (non-hydrogen) atoms. The van der Waals surface area contributed by atoms with Gasteiger partial charge in [0, 0.05) is 17.8 Å². The zero-order valence-corrected chi connectivity index (χ0v) is 21.5. The largest absolute Gasteiger partial charge is 0.342 e. The molecule has 180 valence electrons. The van der Waals surface area contributed by atoms with Gasteiger partial charge in [-0.3, -0.25) is 9.59 Å². The molecule has 0 bridgehead atoms. The molecule has 0 aliphatic heterocycles. The molecule has 2 aromatic carbocycles. The number of aromatic nitrogens is 3. The molecule has 0 fully saturated rings. The molecule has 0 aliphatic carbocycles. The Hall–Kier alpha value is -3.13. The van der Waals surface area contributed by atoms with Crippen LogP contribution < -0.4 is 10.6 Å². The summed E-state index contributed by atoms with van der Waals surface area (Å²) in [7, 11) is 0. The number of hydrogen-bond acceptors (Lipinski definition) is 5. The van der Waals surface area contributed by atoms with E-state index in [-0.39, 0.29) is 29.5 Å². The van der Waals surface area contributed by atoms with E-state index >= 15 is 0 Å². The molecule has 2 amide bonds. The maximum Gasteiger partial charge on any atom is 0.251 e. The van der Waals surface area contributed by atoms with Crippen LogP contribution in [0.15, 0.2) is 47.6 Å². The molecule has 3 aromatic rings. The number of nitrogens with zero attached hydrogens (tertiary/aromatic N) is 3. The molecule has 3 rings (SSSR count). The van der Waals surface area contributed by atoms with Crippen molar-refractivity contribution in [2.75, 3.05) is 11.1 Å². The van der Waals surface area contributed by atoms with Crippen LogP contribution in [0, 0.1) is 26.7 Å². The van der Waals surface area contributed by atoms with E-state index in [1.165, 1.54) is 11.8 Å². The molecule has 0 radical (unpaired) electrons. The second-order valence-electron chi connectivity index (χ2n) is 8.80. The number of carbonyl (C=O) groups excluding carboxylic acids is 2. The predicted octanol–water partition coefficient (Wildman–Crippen LogP) is 5.08. The van der Waals surface area contributed by atoms with Gasteiger partial charge in [-0.25, -0.2) is 0 Å². The van der Waals surface area contributed by atoms with Gasteiger partial charge < -0.3 is 15.2 Å². The highest BCUT2D eigenvalue weighted by Gasteiger charge is 2.26. The average Bonchev–Trinajstić information content (AvgIpc) is 3.20. The smallest absolute Gasteiger partial charge is 0.251 e. The van der Waals surface area contributed by atoms with Gasteiger partial charge in [-0.05, 0) is 62.9 Å². The van der Waals surface area contributed by atoms with Gasteiger partial charge in [-0.2, -0.15) is 0 Å². The number of amides is 2. The summed E-state index contributed by atoms with van der Waals surface area (Å²) >= 11 is 1.34. The Balaban J connectivity index is 1.72. The summed E-state index contributed by atoms with van der Waals surface area (Å²) in [6, 6.07) is 13.2. The normalized spacial score (nSPS) is 12.0. The Morgan fingerprint density at radius 3 is 2.44 bits per heavy atom. The molecule has 0 saturated heterocycles. The SMILES string of the molecule is CCn1c(SCC(=O)Nc2cc(C)ccc2C)nnc1[C@H](NC(=O)c1cccc(C)c1)C(C)C. The third-order valence-electron chi connectivity index (χ3n) is 5.57. The predicted molar refractivity (Wildman–Crippen MR) is 137 cm³/mol. The number of anilines is 1. The van der Waals surface area contributed by atoms with Crippen molar-refractivity contribution in [1.29, 1.82) is 0 Å². The lowest BCUT2D eigenvalue weighted by atomic mass is 10.0. The van der Waals surface area contributed by atoms with Crippen molar-refractivity contribution in [1.82, 2.24) is 20.1 Å². The van der Waals surface area contributed by atoms with Crippen LogP contribution in [0.3, 0.4) is 0 Å². The zero-order chi connectivity index (χ0) is 24.8. The Bertz CT molecular complexity index is 1170. The van der Waals surface area contributed by atoms with Gasteiger partial charge in [-0.1, -0.05) is 55.4 Å². The summed E-state index contributed by atoms with van der Waals surface area (Å²) in [6.45, 7) is 12.7. The summed E-state index contributed by atoms with van der Waals surface area (Å²) < 4.78 is 1.97. The van der Waals surface area contributed by atoms with E-state index in [4.69, 9.17) is 0 Å². The van der Waals surface area contributed by atoms with Gasteiger partial charge in [-0.15, -0.1) is 10.2 Å². The molecular formula is C26H33N5O2S. The number of hydrogen-bond donors (Lipinski definition) is 2. The highest BCUT2D eigenvalue weighted by atomic mass is 32.2. The minimum absolute atomic E-state index is 0.0981. The molecule has 1 aromatic heterocycles. The highest BCUT2D eigenvalue weighted by molar-refractivity contribution is 7.99. The third kappa shape index (κ3) is 6.26. The quantitative estimate of drug-likeness (QED) is 0.418. The van der Waals surface area contributed by atoms with Crippen LogP contribution in [0.25, 0.3) is 0 Å². The van der Waals surface area contributed by atoms with Crippen LogP contribution in [-0.2, 0) is 11.3 Å². The van der Waals surface area contributed by atoms with E-state index in [9.17, 15) is 9.59 Å². The number of carbonyl (C=O) groups is 2. The van der Waals surface area contributed by atoms with E-state index < -0.39 is 0 Å². The van der Waals surface area contributed by atoms with Crippen LogP contribution in [0.1, 0.15) is 59.7 Å². The van der Waals surface area contributed by atoms with Crippen molar-refractivity contribution in [3.63, 3.8) is 0 Å². The van der Waals surface area contributed by atoms with Crippen LogP contribution in [0.4, 0.5) is 5.69 Å². The first-order chi connectivity index (χ1) is 16.2. The Morgan fingerprint density at radius 1 is 1.03 bits per heavy atom. The summed E-state index contributed by atoms with van der Waals surface area (Å²) in [5.41, 5.74) is 4.58. The molecular weight excluding hydrogens is 446 g/mol. The fourth-order valence-corrected chi connectivity index (χ4v) is 4.47. The van der Waals surface area contributed by atoms with Gasteiger partial charge in [0.25, 0.3) is 5.91 Å². The van der Waals surface area contributed by atoms with E-state index in [0.29, 0.717) is 23.1 Å². The van der Waals surface area contributed by atoms with Crippen LogP contribution >= 0.6 is 11.8 Å². The molecule has 0 saturated carbocycles. The second kappa shape index (κ2) is 11.3. The summed E-state index contributed by atoms with van der Waals surface area (Å²) in [5, 5.41) is 15.5. The lowest BCUT2D eigenvalue weighted by Crippen LogP contribution is -2.33.